The molecule has 1 unspecified atom stereocenters. The van der Waals surface area contributed by atoms with E-state index in [-0.39, 0.29) is 11.5 Å². The number of hydrogen-bond donors (Lipinski definition) is 2. The van der Waals surface area contributed by atoms with Crippen molar-refractivity contribution >= 4 is 22.9 Å². The molecule has 0 aliphatic rings. The summed E-state index contributed by atoms with van der Waals surface area (Å²) in [6.45, 7) is 1.06. The van der Waals surface area contributed by atoms with Crippen LogP contribution in [0.3, 0.4) is 0 Å². The van der Waals surface area contributed by atoms with E-state index in [9.17, 15) is 18.0 Å². The maximum atomic E-state index is 13.2. The first-order chi connectivity index (χ1) is 14.1. The fraction of sp³-hybridized carbons (Fsp3) is 0.333. The second-order valence-electron chi connectivity index (χ2n) is 7.37. The number of rotatable bonds is 7. The molecule has 3 aromatic rings. The third-order valence-electron chi connectivity index (χ3n) is 4.72. The first-order valence-electron chi connectivity index (χ1n) is 9.43. The Bertz CT molecular complexity index is 982. The molecule has 1 heterocycles. The molecular weight excluding hydrogens is 395 g/mol. The van der Waals surface area contributed by atoms with Gasteiger partial charge in [0.05, 0.1) is 16.6 Å². The SMILES string of the molecule is CN(C)CCN(C)C(=O)C(Nc1nc2ccccc2[nH]1)c1cccc(C(F)(F)F)c1. The number of halogens is 3. The van der Waals surface area contributed by atoms with Gasteiger partial charge >= 0.3 is 6.18 Å². The quantitative estimate of drug-likeness (QED) is 0.612. The number of alkyl halides is 3. The van der Waals surface area contributed by atoms with E-state index in [0.717, 1.165) is 17.6 Å². The van der Waals surface area contributed by atoms with Crippen LogP contribution in [0.2, 0.25) is 0 Å². The summed E-state index contributed by atoms with van der Waals surface area (Å²) in [6, 6.07) is 11.1. The Morgan fingerprint density at radius 2 is 1.83 bits per heavy atom. The number of carbonyl (C=O) groups excluding carboxylic acids is 1. The Hall–Kier alpha value is -3.07. The number of aromatic amines is 1. The summed E-state index contributed by atoms with van der Waals surface area (Å²) in [5.74, 6) is -0.0374. The van der Waals surface area contributed by atoms with E-state index in [1.807, 2.05) is 37.2 Å². The Labute approximate surface area is 172 Å². The predicted molar refractivity (Wildman–Crippen MR) is 110 cm³/mol. The van der Waals surface area contributed by atoms with Crippen LogP contribution in [-0.4, -0.2) is 59.9 Å². The summed E-state index contributed by atoms with van der Waals surface area (Å²) in [5.41, 5.74) is 0.861. The minimum Gasteiger partial charge on any atom is -0.342 e. The van der Waals surface area contributed by atoms with Crippen molar-refractivity contribution in [3.05, 3.63) is 59.7 Å². The fourth-order valence-corrected chi connectivity index (χ4v) is 3.02. The number of nitrogens with zero attached hydrogens (tertiary/aromatic N) is 3. The number of nitrogens with one attached hydrogen (secondary N) is 2. The molecule has 0 saturated carbocycles. The molecule has 1 amide bonds. The summed E-state index contributed by atoms with van der Waals surface area (Å²) >= 11 is 0. The van der Waals surface area contributed by atoms with Gasteiger partial charge in [0.2, 0.25) is 11.9 Å². The number of hydrogen-bond acceptors (Lipinski definition) is 4. The third kappa shape index (κ3) is 5.10. The molecule has 0 aliphatic carbocycles. The first-order valence-corrected chi connectivity index (χ1v) is 9.43. The second-order valence-corrected chi connectivity index (χ2v) is 7.37. The number of carbonyl (C=O) groups is 1. The summed E-state index contributed by atoms with van der Waals surface area (Å²) in [6.07, 6.45) is -4.50. The zero-order valence-corrected chi connectivity index (χ0v) is 17.0. The van der Waals surface area contributed by atoms with Gasteiger partial charge in [0, 0.05) is 20.1 Å². The van der Waals surface area contributed by atoms with E-state index in [2.05, 4.69) is 15.3 Å². The van der Waals surface area contributed by atoms with Crippen molar-refractivity contribution in [2.45, 2.75) is 12.2 Å². The number of anilines is 1. The number of para-hydroxylation sites is 2. The monoisotopic (exact) mass is 419 g/mol. The standard InChI is InChI=1S/C21H24F3N5O/c1-28(2)11-12-29(3)19(30)18(14-7-6-8-15(13-14)21(22,23)24)27-20-25-16-9-4-5-10-17(16)26-20/h4-10,13,18H,11-12H2,1-3H3,(H2,25,26,27). The molecular formula is C21H24F3N5O. The van der Waals surface area contributed by atoms with Gasteiger partial charge in [0.25, 0.3) is 0 Å². The normalized spacial score (nSPS) is 12.9. The predicted octanol–water partition coefficient (Wildman–Crippen LogP) is 3.75. The number of imidazole rings is 1. The van der Waals surface area contributed by atoms with Gasteiger partial charge < -0.3 is 20.1 Å². The molecule has 0 spiro atoms. The van der Waals surface area contributed by atoms with Crippen molar-refractivity contribution in [1.29, 1.82) is 0 Å². The van der Waals surface area contributed by atoms with Crippen LogP contribution in [0.15, 0.2) is 48.5 Å². The van der Waals surface area contributed by atoms with Crippen LogP contribution >= 0.6 is 0 Å². The van der Waals surface area contributed by atoms with Crippen LogP contribution in [-0.2, 0) is 11.0 Å². The van der Waals surface area contributed by atoms with Crippen LogP contribution in [0.1, 0.15) is 17.2 Å². The molecule has 2 aromatic carbocycles. The largest absolute Gasteiger partial charge is 0.416 e. The lowest BCUT2D eigenvalue weighted by atomic mass is 10.0. The van der Waals surface area contributed by atoms with E-state index in [1.54, 1.807) is 13.1 Å². The lowest BCUT2D eigenvalue weighted by Gasteiger charge is -2.26. The summed E-state index contributed by atoms with van der Waals surface area (Å²) in [5, 5.41) is 2.99. The highest BCUT2D eigenvalue weighted by atomic mass is 19.4. The van der Waals surface area contributed by atoms with Gasteiger partial charge in [-0.2, -0.15) is 13.2 Å². The molecule has 0 bridgehead atoms. The van der Waals surface area contributed by atoms with E-state index < -0.39 is 17.8 Å². The summed E-state index contributed by atoms with van der Waals surface area (Å²) in [7, 11) is 5.40. The van der Waals surface area contributed by atoms with Crippen LogP contribution in [0, 0.1) is 0 Å². The van der Waals surface area contributed by atoms with Gasteiger partial charge in [-0.1, -0.05) is 24.3 Å². The minimum atomic E-state index is -4.50. The molecule has 1 aromatic heterocycles. The molecule has 9 heteroatoms. The van der Waals surface area contributed by atoms with Crippen molar-refractivity contribution in [2.24, 2.45) is 0 Å². The van der Waals surface area contributed by atoms with Gasteiger partial charge in [0.15, 0.2) is 0 Å². The Morgan fingerprint density at radius 3 is 2.50 bits per heavy atom. The highest BCUT2D eigenvalue weighted by Gasteiger charge is 2.32. The zero-order chi connectivity index (χ0) is 21.9. The van der Waals surface area contributed by atoms with E-state index in [4.69, 9.17) is 0 Å². The molecule has 0 fully saturated rings. The lowest BCUT2D eigenvalue weighted by Crippen LogP contribution is -2.39. The highest BCUT2D eigenvalue weighted by molar-refractivity contribution is 5.86. The van der Waals surface area contributed by atoms with Crippen LogP contribution in [0.5, 0.6) is 0 Å². The summed E-state index contributed by atoms with van der Waals surface area (Å²) in [4.78, 5) is 24.0. The molecule has 0 aliphatic heterocycles. The molecule has 160 valence electrons. The molecule has 30 heavy (non-hydrogen) atoms. The molecule has 0 radical (unpaired) electrons. The topological polar surface area (TPSA) is 64.3 Å². The van der Waals surface area contributed by atoms with Gasteiger partial charge in [-0.3, -0.25) is 4.79 Å². The number of likely N-dealkylation sites (N-methyl/N-ethyl adjacent to an activating group) is 2. The highest BCUT2D eigenvalue weighted by Crippen LogP contribution is 2.32. The molecule has 2 N–H and O–H groups in total. The molecule has 3 rings (SSSR count). The first kappa shape index (κ1) is 21.6. The van der Waals surface area contributed by atoms with Crippen molar-refractivity contribution in [1.82, 2.24) is 19.8 Å². The maximum Gasteiger partial charge on any atom is 0.416 e. The van der Waals surface area contributed by atoms with E-state index in [0.29, 0.717) is 24.6 Å². The van der Waals surface area contributed by atoms with Gasteiger partial charge in [-0.15, -0.1) is 0 Å². The van der Waals surface area contributed by atoms with Crippen molar-refractivity contribution < 1.29 is 18.0 Å². The number of fused-ring (bicyclic) bond motifs is 1. The van der Waals surface area contributed by atoms with Crippen LogP contribution < -0.4 is 5.32 Å². The van der Waals surface area contributed by atoms with Gasteiger partial charge in [0.1, 0.15) is 6.04 Å². The van der Waals surface area contributed by atoms with Crippen LogP contribution in [0.4, 0.5) is 19.1 Å². The van der Waals surface area contributed by atoms with Crippen molar-refractivity contribution in [2.75, 3.05) is 39.5 Å². The van der Waals surface area contributed by atoms with Crippen molar-refractivity contribution in [3.63, 3.8) is 0 Å². The molecule has 6 nitrogen and oxygen atoms in total. The smallest absolute Gasteiger partial charge is 0.342 e. The Kier molecular flexibility index (Phi) is 6.31. The number of amides is 1. The lowest BCUT2D eigenvalue weighted by molar-refractivity contribution is -0.138. The Balaban J connectivity index is 1.94. The number of benzene rings is 2. The van der Waals surface area contributed by atoms with Crippen molar-refractivity contribution in [3.8, 4) is 0 Å². The molecule has 1 atom stereocenters. The average Bonchev–Trinajstić information content (AvgIpc) is 3.11. The maximum absolute atomic E-state index is 13.2. The average molecular weight is 419 g/mol. The fourth-order valence-electron chi connectivity index (χ4n) is 3.02. The van der Waals surface area contributed by atoms with Gasteiger partial charge in [-0.25, -0.2) is 4.98 Å². The Morgan fingerprint density at radius 1 is 1.10 bits per heavy atom. The van der Waals surface area contributed by atoms with E-state index >= 15 is 0 Å². The third-order valence-corrected chi connectivity index (χ3v) is 4.72. The zero-order valence-electron chi connectivity index (χ0n) is 17.0. The number of H-pyrrole nitrogens is 1. The van der Waals surface area contributed by atoms with Gasteiger partial charge in [-0.05, 0) is 43.9 Å². The second kappa shape index (κ2) is 8.74. The summed E-state index contributed by atoms with van der Waals surface area (Å²) < 4.78 is 39.7. The van der Waals surface area contributed by atoms with E-state index in [1.165, 1.54) is 17.0 Å². The van der Waals surface area contributed by atoms with Crippen LogP contribution in [0.25, 0.3) is 11.0 Å². The molecule has 0 saturated heterocycles. The number of aromatic nitrogens is 2. The minimum absolute atomic E-state index is 0.215.